The van der Waals surface area contributed by atoms with Crippen LogP contribution in [-0.2, 0) is 14.3 Å². The maximum Gasteiger partial charge on any atom is 0.345 e. The van der Waals surface area contributed by atoms with Crippen molar-refractivity contribution in [2.45, 2.75) is 20.0 Å². The quantitative estimate of drug-likeness (QED) is 0.288. The van der Waals surface area contributed by atoms with Crippen LogP contribution in [-0.4, -0.2) is 23.1 Å². The Bertz CT molecular complexity index is 643. The molecule has 0 bridgehead atoms. The highest BCUT2D eigenvalue weighted by molar-refractivity contribution is 8.27. The molecule has 1 aromatic carbocycles. The van der Waals surface area contributed by atoms with Crippen LogP contribution in [0.1, 0.15) is 13.8 Å². The summed E-state index contributed by atoms with van der Waals surface area (Å²) >= 11 is 2.57. The normalized spacial score (nSPS) is 13.3. The number of amides is 1. The first-order chi connectivity index (χ1) is 10.5. The van der Waals surface area contributed by atoms with E-state index in [1.807, 2.05) is 0 Å². The van der Waals surface area contributed by atoms with Gasteiger partial charge in [-0.2, -0.15) is 0 Å². The molecule has 1 aliphatic rings. The molecule has 0 aliphatic carbocycles. The molecule has 0 spiro atoms. The van der Waals surface area contributed by atoms with Crippen LogP contribution in [0.4, 0.5) is 5.69 Å². The average molecular weight is 337 g/mol. The van der Waals surface area contributed by atoms with Gasteiger partial charge in [-0.1, -0.05) is 35.7 Å². The molecule has 0 saturated carbocycles. The standard InChI is InChI=1S/C15H15NO4S2/c1-9(2)20-14(19)12(15-21-7-8-22-15)13(18)16-10-5-3-4-6-11(10)17/h3-9,17H,1-2H3,(H,16,18). The molecule has 5 nitrogen and oxygen atoms in total. The van der Waals surface area contributed by atoms with Crippen molar-refractivity contribution in [3.05, 3.63) is 44.9 Å². The number of thioether (sulfide) groups is 2. The second kappa shape index (κ2) is 7.42. The lowest BCUT2D eigenvalue weighted by molar-refractivity contribution is -0.143. The van der Waals surface area contributed by atoms with E-state index in [4.69, 9.17) is 4.74 Å². The SMILES string of the molecule is CC(C)OC(=O)C(C(=O)Nc1ccccc1O)=C1SC=CS1. The van der Waals surface area contributed by atoms with Crippen molar-refractivity contribution in [3.63, 3.8) is 0 Å². The lowest BCUT2D eigenvalue weighted by atomic mass is 10.2. The number of rotatable bonds is 4. The smallest absolute Gasteiger partial charge is 0.345 e. The van der Waals surface area contributed by atoms with Crippen LogP contribution in [0.5, 0.6) is 5.75 Å². The predicted octanol–water partition coefficient (Wildman–Crippen LogP) is 3.45. The molecule has 1 heterocycles. The fourth-order valence-corrected chi connectivity index (χ4v) is 3.47. The summed E-state index contributed by atoms with van der Waals surface area (Å²) in [6.45, 7) is 3.43. The van der Waals surface area contributed by atoms with Gasteiger partial charge in [-0.15, -0.1) is 0 Å². The van der Waals surface area contributed by atoms with Gasteiger partial charge in [0.25, 0.3) is 5.91 Å². The molecule has 2 N–H and O–H groups in total. The molecular formula is C15H15NO4S2. The third-order valence-corrected chi connectivity index (χ3v) is 4.67. The number of phenols is 1. The third kappa shape index (κ3) is 4.08. The van der Waals surface area contributed by atoms with Crippen LogP contribution in [0, 0.1) is 0 Å². The Morgan fingerprint density at radius 2 is 1.82 bits per heavy atom. The molecule has 0 aromatic heterocycles. The van der Waals surface area contributed by atoms with Crippen LogP contribution >= 0.6 is 23.5 Å². The number of benzene rings is 1. The molecule has 0 radical (unpaired) electrons. The number of esters is 1. The summed E-state index contributed by atoms with van der Waals surface area (Å²) in [4.78, 5) is 24.6. The van der Waals surface area contributed by atoms with E-state index in [1.54, 1.807) is 42.9 Å². The number of anilines is 1. The first kappa shape index (κ1) is 16.5. The number of carbonyl (C=O) groups excluding carboxylic acids is 2. The number of aromatic hydroxyl groups is 1. The molecule has 1 aromatic rings. The molecule has 0 fully saturated rings. The predicted molar refractivity (Wildman–Crippen MR) is 89.3 cm³/mol. The maximum atomic E-state index is 12.4. The average Bonchev–Trinajstić information content (AvgIpc) is 2.94. The second-order valence-corrected chi connectivity index (χ2v) is 6.69. The summed E-state index contributed by atoms with van der Waals surface area (Å²) in [5, 5.41) is 15.8. The highest BCUT2D eigenvalue weighted by Gasteiger charge is 2.27. The fraction of sp³-hybridized carbons (Fsp3) is 0.200. The monoisotopic (exact) mass is 337 g/mol. The second-order valence-electron chi connectivity index (χ2n) is 4.60. The minimum atomic E-state index is -0.679. The molecule has 0 atom stereocenters. The molecule has 116 valence electrons. The maximum absolute atomic E-state index is 12.4. The minimum Gasteiger partial charge on any atom is -0.506 e. The minimum absolute atomic E-state index is 0.0584. The Kier molecular flexibility index (Phi) is 5.57. The summed E-state index contributed by atoms with van der Waals surface area (Å²) in [6, 6.07) is 6.32. The van der Waals surface area contributed by atoms with E-state index in [1.165, 1.54) is 29.6 Å². The van der Waals surface area contributed by atoms with Crippen molar-refractivity contribution in [2.75, 3.05) is 5.32 Å². The number of phenolic OH excluding ortho intramolecular Hbond substituents is 1. The van der Waals surface area contributed by atoms with E-state index in [0.29, 0.717) is 4.24 Å². The van der Waals surface area contributed by atoms with E-state index < -0.39 is 11.9 Å². The van der Waals surface area contributed by atoms with Gasteiger partial charge in [0.2, 0.25) is 0 Å². The number of nitrogens with one attached hydrogen (secondary N) is 1. The van der Waals surface area contributed by atoms with Gasteiger partial charge in [0.1, 0.15) is 11.3 Å². The summed E-state index contributed by atoms with van der Waals surface area (Å²) < 4.78 is 5.69. The largest absolute Gasteiger partial charge is 0.506 e. The number of para-hydroxylation sites is 2. The summed E-state index contributed by atoms with van der Waals surface area (Å²) in [5.41, 5.74) is 0.181. The summed E-state index contributed by atoms with van der Waals surface area (Å²) in [6.07, 6.45) is -0.328. The van der Waals surface area contributed by atoms with E-state index in [9.17, 15) is 14.7 Å². The first-order valence-electron chi connectivity index (χ1n) is 6.52. The zero-order chi connectivity index (χ0) is 16.1. The van der Waals surface area contributed by atoms with Crippen LogP contribution in [0.2, 0.25) is 0 Å². The van der Waals surface area contributed by atoms with E-state index in [-0.39, 0.29) is 23.1 Å². The Morgan fingerprint density at radius 3 is 2.41 bits per heavy atom. The van der Waals surface area contributed by atoms with Gasteiger partial charge in [0.05, 0.1) is 16.0 Å². The zero-order valence-electron chi connectivity index (χ0n) is 12.0. The van der Waals surface area contributed by atoms with E-state index in [2.05, 4.69) is 5.32 Å². The first-order valence-corrected chi connectivity index (χ1v) is 8.28. The van der Waals surface area contributed by atoms with Crippen LogP contribution in [0.25, 0.3) is 0 Å². The Labute approximate surface area is 136 Å². The van der Waals surface area contributed by atoms with Crippen molar-refractivity contribution in [1.29, 1.82) is 0 Å². The summed E-state index contributed by atoms with van der Waals surface area (Å²) in [7, 11) is 0. The van der Waals surface area contributed by atoms with E-state index >= 15 is 0 Å². The molecule has 0 unspecified atom stereocenters. The molecule has 0 saturated heterocycles. The highest BCUT2D eigenvalue weighted by Crippen LogP contribution is 2.40. The van der Waals surface area contributed by atoms with Gasteiger partial charge < -0.3 is 15.2 Å². The van der Waals surface area contributed by atoms with E-state index in [0.717, 1.165) is 0 Å². The number of ether oxygens (including phenoxy) is 1. The fourth-order valence-electron chi connectivity index (χ4n) is 1.63. The van der Waals surface area contributed by atoms with Crippen LogP contribution in [0.3, 0.4) is 0 Å². The molecule has 22 heavy (non-hydrogen) atoms. The van der Waals surface area contributed by atoms with Crippen LogP contribution in [0.15, 0.2) is 44.9 Å². The van der Waals surface area contributed by atoms with Crippen molar-refractivity contribution >= 4 is 41.1 Å². The number of hydrogen-bond donors (Lipinski definition) is 2. The topological polar surface area (TPSA) is 75.6 Å². The number of hydrogen-bond acceptors (Lipinski definition) is 6. The van der Waals surface area contributed by atoms with Crippen molar-refractivity contribution < 1.29 is 19.4 Å². The third-order valence-electron chi connectivity index (χ3n) is 2.54. The van der Waals surface area contributed by atoms with Crippen LogP contribution < -0.4 is 5.32 Å². The molecule has 1 amide bonds. The Morgan fingerprint density at radius 1 is 1.18 bits per heavy atom. The Hall–Kier alpha value is -1.86. The lowest BCUT2D eigenvalue weighted by Crippen LogP contribution is -2.25. The van der Waals surface area contributed by atoms with Gasteiger partial charge in [-0.25, -0.2) is 4.79 Å². The van der Waals surface area contributed by atoms with Gasteiger partial charge in [-0.3, -0.25) is 4.79 Å². The zero-order valence-corrected chi connectivity index (χ0v) is 13.7. The molecule has 2 rings (SSSR count). The van der Waals surface area contributed by atoms with Gasteiger partial charge >= 0.3 is 5.97 Å². The highest BCUT2D eigenvalue weighted by atomic mass is 32.2. The van der Waals surface area contributed by atoms with Gasteiger partial charge in [0, 0.05) is 0 Å². The van der Waals surface area contributed by atoms with Gasteiger partial charge in [0.15, 0.2) is 0 Å². The lowest BCUT2D eigenvalue weighted by Gasteiger charge is -2.13. The Balaban J connectivity index is 2.26. The van der Waals surface area contributed by atoms with Crippen molar-refractivity contribution in [3.8, 4) is 5.75 Å². The van der Waals surface area contributed by atoms with Gasteiger partial charge in [-0.05, 0) is 36.8 Å². The molecule has 1 aliphatic heterocycles. The molecule has 7 heteroatoms. The molecular weight excluding hydrogens is 322 g/mol. The summed E-state index contributed by atoms with van der Waals surface area (Å²) in [5.74, 6) is -1.35. The number of carbonyl (C=O) groups is 2. The van der Waals surface area contributed by atoms with Crippen molar-refractivity contribution in [2.24, 2.45) is 0 Å². The van der Waals surface area contributed by atoms with Crippen molar-refractivity contribution in [1.82, 2.24) is 0 Å².